The quantitative estimate of drug-likeness (QED) is 0.644. The summed E-state index contributed by atoms with van der Waals surface area (Å²) in [7, 11) is 0. The maximum atomic E-state index is 4.14. The van der Waals surface area contributed by atoms with Crippen LogP contribution in [0.5, 0.6) is 0 Å². The van der Waals surface area contributed by atoms with Gasteiger partial charge in [0.05, 0.1) is 5.70 Å². The van der Waals surface area contributed by atoms with E-state index in [9.17, 15) is 0 Å². The Labute approximate surface area is 78.9 Å². The van der Waals surface area contributed by atoms with Crippen LogP contribution >= 0.6 is 0 Å². The van der Waals surface area contributed by atoms with Crippen molar-refractivity contribution in [1.82, 2.24) is 9.78 Å². The highest BCUT2D eigenvalue weighted by Crippen LogP contribution is 2.03. The predicted octanol–water partition coefficient (Wildman–Crippen LogP) is 2.88. The molecule has 1 aromatic rings. The third-order valence-electron chi connectivity index (χ3n) is 1.64. The minimum atomic E-state index is 1.07. The zero-order valence-electron chi connectivity index (χ0n) is 8.01. The van der Waals surface area contributed by atoms with E-state index in [1.807, 2.05) is 61.2 Å². The van der Waals surface area contributed by atoms with Crippen LogP contribution in [0.3, 0.4) is 0 Å². The molecule has 0 unspecified atom stereocenters. The Morgan fingerprint density at radius 3 is 2.69 bits per heavy atom. The molecule has 68 valence electrons. The smallest absolute Gasteiger partial charge is 0.0602 e. The largest absolute Gasteiger partial charge is 0.241 e. The first kappa shape index (κ1) is 9.52. The second-order valence-electron chi connectivity index (χ2n) is 2.55. The van der Waals surface area contributed by atoms with E-state index in [0.717, 1.165) is 5.70 Å². The van der Waals surface area contributed by atoms with Gasteiger partial charge in [0.15, 0.2) is 0 Å². The van der Waals surface area contributed by atoms with Crippen molar-refractivity contribution in [3.05, 3.63) is 48.8 Å². The molecule has 2 nitrogen and oxygen atoms in total. The second-order valence-corrected chi connectivity index (χ2v) is 2.55. The van der Waals surface area contributed by atoms with Crippen LogP contribution in [0.15, 0.2) is 48.8 Å². The van der Waals surface area contributed by atoms with Gasteiger partial charge in [-0.25, -0.2) is 4.68 Å². The van der Waals surface area contributed by atoms with Gasteiger partial charge in [0, 0.05) is 12.4 Å². The van der Waals surface area contributed by atoms with Crippen molar-refractivity contribution >= 4 is 5.70 Å². The fourth-order valence-electron chi connectivity index (χ4n) is 0.992. The molecule has 0 bridgehead atoms. The summed E-state index contributed by atoms with van der Waals surface area (Å²) in [5.41, 5.74) is 1.07. The van der Waals surface area contributed by atoms with Crippen LogP contribution in [0, 0.1) is 0 Å². The second kappa shape index (κ2) is 5.14. The Hall–Kier alpha value is -1.57. The van der Waals surface area contributed by atoms with Crippen molar-refractivity contribution in [1.29, 1.82) is 0 Å². The van der Waals surface area contributed by atoms with E-state index in [4.69, 9.17) is 0 Å². The summed E-state index contributed by atoms with van der Waals surface area (Å²) in [6, 6.07) is 1.91. The van der Waals surface area contributed by atoms with Crippen LogP contribution < -0.4 is 0 Å². The average Bonchev–Trinajstić information content (AvgIpc) is 2.65. The molecule has 0 aliphatic rings. The third kappa shape index (κ3) is 2.75. The van der Waals surface area contributed by atoms with Crippen LogP contribution in [-0.2, 0) is 0 Å². The topological polar surface area (TPSA) is 17.8 Å². The normalized spacial score (nSPS) is 13.2. The lowest BCUT2D eigenvalue weighted by atomic mass is 10.3. The van der Waals surface area contributed by atoms with Gasteiger partial charge in [0.25, 0.3) is 0 Å². The van der Waals surface area contributed by atoms with Gasteiger partial charge in [-0.05, 0) is 26.0 Å². The number of nitrogens with zero attached hydrogens (tertiary/aromatic N) is 2. The molecule has 0 saturated heterocycles. The molecule has 0 N–H and O–H groups in total. The molecular formula is C11H14N2. The van der Waals surface area contributed by atoms with Gasteiger partial charge in [-0.2, -0.15) is 5.10 Å². The number of allylic oxidation sites excluding steroid dienone is 6. The van der Waals surface area contributed by atoms with Gasteiger partial charge in [0.1, 0.15) is 0 Å². The van der Waals surface area contributed by atoms with E-state index in [2.05, 4.69) is 5.10 Å². The summed E-state index contributed by atoms with van der Waals surface area (Å²) in [6.07, 6.45) is 13.7. The first-order valence-electron chi connectivity index (χ1n) is 4.34. The van der Waals surface area contributed by atoms with Crippen molar-refractivity contribution in [3.8, 4) is 0 Å². The highest BCUT2D eigenvalue weighted by Gasteiger charge is 1.91. The minimum absolute atomic E-state index is 1.07. The Morgan fingerprint density at radius 1 is 1.31 bits per heavy atom. The van der Waals surface area contributed by atoms with E-state index in [-0.39, 0.29) is 0 Å². The summed E-state index contributed by atoms with van der Waals surface area (Å²) in [4.78, 5) is 0. The molecular weight excluding hydrogens is 160 g/mol. The number of hydrogen-bond acceptors (Lipinski definition) is 1. The maximum absolute atomic E-state index is 4.14. The lowest BCUT2D eigenvalue weighted by molar-refractivity contribution is 0.908. The predicted molar refractivity (Wildman–Crippen MR) is 56.1 cm³/mol. The fourth-order valence-corrected chi connectivity index (χ4v) is 0.992. The Kier molecular flexibility index (Phi) is 3.76. The molecule has 1 rings (SSSR count). The minimum Gasteiger partial charge on any atom is -0.241 e. The summed E-state index contributed by atoms with van der Waals surface area (Å²) < 4.78 is 1.83. The molecule has 2 heteroatoms. The number of rotatable bonds is 3. The molecule has 0 aliphatic carbocycles. The zero-order chi connectivity index (χ0) is 9.52. The lowest BCUT2D eigenvalue weighted by Crippen LogP contribution is -1.93. The van der Waals surface area contributed by atoms with Crippen LogP contribution in [0.2, 0.25) is 0 Å². The molecule has 1 heterocycles. The fraction of sp³-hybridized carbons (Fsp3) is 0.182. The number of hydrogen-bond donors (Lipinski definition) is 0. The first-order chi connectivity index (χ1) is 6.38. The zero-order valence-corrected chi connectivity index (χ0v) is 8.01. The van der Waals surface area contributed by atoms with Crippen molar-refractivity contribution < 1.29 is 0 Å². The van der Waals surface area contributed by atoms with Crippen molar-refractivity contribution in [2.24, 2.45) is 0 Å². The van der Waals surface area contributed by atoms with E-state index < -0.39 is 0 Å². The Balaban J connectivity index is 2.77. The monoisotopic (exact) mass is 174 g/mol. The van der Waals surface area contributed by atoms with Gasteiger partial charge in [0.2, 0.25) is 0 Å². The Morgan fingerprint density at radius 2 is 2.15 bits per heavy atom. The first-order valence-corrected chi connectivity index (χ1v) is 4.34. The summed E-state index contributed by atoms with van der Waals surface area (Å²) >= 11 is 0. The van der Waals surface area contributed by atoms with Crippen molar-refractivity contribution in [2.75, 3.05) is 0 Å². The molecule has 0 aliphatic heterocycles. The Bertz CT molecular complexity index is 316. The van der Waals surface area contributed by atoms with Crippen LogP contribution in [0.4, 0.5) is 0 Å². The van der Waals surface area contributed by atoms with Gasteiger partial charge >= 0.3 is 0 Å². The highest BCUT2D eigenvalue weighted by atomic mass is 15.3. The molecule has 0 radical (unpaired) electrons. The van der Waals surface area contributed by atoms with Gasteiger partial charge in [-0.15, -0.1) is 0 Å². The standard InChI is InChI=1S/C11H14N2/c1-3-5-6-8-11(4-2)13-10-7-9-12-13/h3-10H,1-2H3/b5-3-,8-6-,11-4+. The van der Waals surface area contributed by atoms with E-state index in [1.54, 1.807) is 6.20 Å². The molecule has 0 atom stereocenters. The molecule has 13 heavy (non-hydrogen) atoms. The van der Waals surface area contributed by atoms with Crippen molar-refractivity contribution in [2.45, 2.75) is 13.8 Å². The van der Waals surface area contributed by atoms with Gasteiger partial charge in [-0.3, -0.25) is 0 Å². The van der Waals surface area contributed by atoms with E-state index in [1.165, 1.54) is 0 Å². The third-order valence-corrected chi connectivity index (χ3v) is 1.64. The molecule has 0 saturated carbocycles. The number of aromatic nitrogens is 2. The van der Waals surface area contributed by atoms with Crippen LogP contribution in [0.25, 0.3) is 5.70 Å². The van der Waals surface area contributed by atoms with E-state index >= 15 is 0 Å². The summed E-state index contributed by atoms with van der Waals surface area (Å²) in [6.45, 7) is 3.99. The van der Waals surface area contributed by atoms with Gasteiger partial charge < -0.3 is 0 Å². The van der Waals surface area contributed by atoms with E-state index in [0.29, 0.717) is 0 Å². The highest BCUT2D eigenvalue weighted by molar-refractivity contribution is 5.56. The van der Waals surface area contributed by atoms with Gasteiger partial charge in [-0.1, -0.05) is 24.3 Å². The molecule has 1 aromatic heterocycles. The molecule has 0 fully saturated rings. The SMILES string of the molecule is C\C=C/C=C\C(=C/C)n1cccn1. The summed E-state index contributed by atoms with van der Waals surface area (Å²) in [5, 5.41) is 4.14. The average molecular weight is 174 g/mol. The van der Waals surface area contributed by atoms with Crippen molar-refractivity contribution in [3.63, 3.8) is 0 Å². The van der Waals surface area contributed by atoms with Crippen LogP contribution in [0.1, 0.15) is 13.8 Å². The maximum Gasteiger partial charge on any atom is 0.0602 e. The molecule has 0 amide bonds. The molecule has 0 spiro atoms. The lowest BCUT2D eigenvalue weighted by Gasteiger charge is -1.99. The molecule has 0 aromatic carbocycles. The summed E-state index contributed by atoms with van der Waals surface area (Å²) in [5.74, 6) is 0. The van der Waals surface area contributed by atoms with Crippen LogP contribution in [-0.4, -0.2) is 9.78 Å².